The minimum atomic E-state index is -0.739. The quantitative estimate of drug-likeness (QED) is 0.214. The average Bonchev–Trinajstić information content (AvgIpc) is 3.81. The van der Waals surface area contributed by atoms with E-state index in [0.717, 1.165) is 80.1 Å². The molecule has 2 unspecified atom stereocenters. The van der Waals surface area contributed by atoms with Crippen LogP contribution < -0.4 is 10.6 Å². The van der Waals surface area contributed by atoms with E-state index in [1.807, 2.05) is 16.9 Å². The molecule has 0 aromatic carbocycles. The fraction of sp³-hybridized carbons (Fsp3) is 0.581. The first-order valence-corrected chi connectivity index (χ1v) is 16.5. The van der Waals surface area contributed by atoms with Crippen molar-refractivity contribution in [2.24, 2.45) is 5.92 Å². The number of hydrogen-bond acceptors (Lipinski definition) is 11. The first-order valence-electron chi connectivity index (χ1n) is 15.7. The van der Waals surface area contributed by atoms with E-state index in [-0.39, 0.29) is 6.42 Å². The number of aromatic nitrogens is 5. The number of fused-ring (bicyclic) bond motifs is 1. The molecule has 0 saturated carbocycles. The number of nitrogen functional groups attached to an aromatic ring is 1. The van der Waals surface area contributed by atoms with Gasteiger partial charge in [-0.15, -0.1) is 11.3 Å². The lowest BCUT2D eigenvalue weighted by molar-refractivity contribution is 0.134. The topological polar surface area (TPSA) is 135 Å². The first kappa shape index (κ1) is 30.4. The average molecular weight is 622 g/mol. The Morgan fingerprint density at radius 2 is 2.07 bits per heavy atom. The summed E-state index contributed by atoms with van der Waals surface area (Å²) in [4.78, 5) is 15.8. The lowest BCUT2D eigenvalue weighted by Crippen LogP contribution is -2.35. The Kier molecular flexibility index (Phi) is 9.39. The molecule has 2 aliphatic rings. The van der Waals surface area contributed by atoms with Gasteiger partial charge in [-0.2, -0.15) is 14.8 Å². The zero-order chi connectivity index (χ0) is 30.6. The van der Waals surface area contributed by atoms with Crippen LogP contribution in [0.4, 0.5) is 15.2 Å². The maximum Gasteiger partial charge on any atom is 0.310 e. The van der Waals surface area contributed by atoms with Gasteiger partial charge in [0.1, 0.15) is 16.9 Å². The van der Waals surface area contributed by atoms with Gasteiger partial charge in [-0.25, -0.2) is 14.6 Å². The van der Waals surface area contributed by atoms with Crippen LogP contribution in [0, 0.1) is 23.3 Å². The van der Waals surface area contributed by atoms with Gasteiger partial charge in [-0.05, 0) is 63.6 Å². The number of aryl methyl sites for hydroxylation is 1. The monoisotopic (exact) mass is 621 g/mol. The fourth-order valence-corrected chi connectivity index (χ4v) is 7.42. The van der Waals surface area contributed by atoms with E-state index in [2.05, 4.69) is 34.9 Å². The van der Waals surface area contributed by atoms with Gasteiger partial charge >= 0.3 is 6.01 Å². The summed E-state index contributed by atoms with van der Waals surface area (Å²) in [5.74, 6) is 1.71. The van der Waals surface area contributed by atoms with Gasteiger partial charge in [0.25, 0.3) is 0 Å². The van der Waals surface area contributed by atoms with Crippen LogP contribution in [0.2, 0.25) is 0 Å². The van der Waals surface area contributed by atoms with Crippen LogP contribution >= 0.6 is 11.3 Å². The molecule has 0 amide bonds. The Bertz CT molecular complexity index is 1630. The summed E-state index contributed by atoms with van der Waals surface area (Å²) >= 11 is 1.43. The highest BCUT2D eigenvalue weighted by Gasteiger charge is 2.28. The molecule has 2 atom stereocenters. The zero-order valence-electron chi connectivity index (χ0n) is 25.5. The normalized spacial score (nSPS) is 19.3. The van der Waals surface area contributed by atoms with Crippen LogP contribution in [-0.4, -0.2) is 75.2 Å². The minimum Gasteiger partial charge on any atom is -0.389 e. The number of likely N-dealkylation sites (N-methyl/N-ethyl adjacent to an activating group) is 1. The fourth-order valence-electron chi connectivity index (χ4n) is 6.50. The molecule has 2 N–H and O–H groups in total. The van der Waals surface area contributed by atoms with E-state index >= 15 is 0 Å². The second-order valence-corrected chi connectivity index (χ2v) is 13.1. The van der Waals surface area contributed by atoms with Gasteiger partial charge in [0, 0.05) is 37.0 Å². The number of nitriles is 1. The summed E-state index contributed by atoms with van der Waals surface area (Å²) in [6.07, 6.45) is 8.27. The summed E-state index contributed by atoms with van der Waals surface area (Å²) < 4.78 is 27.8. The standard InChI is InChI=1S/C31H40FN9O2S/c1-3-39-11-5-8-22(39)19-41-31-25(17-35-41)30(40-12-4-7-20(2)18-40)36-29(37-31)26-24(27(32)43-38-26)10-14-42-13-6-9-23-15-21(16-33)28(34)44-23/h15,17,20,22H,3-14,18-19,34H2,1-2H3. The second kappa shape index (κ2) is 13.6. The maximum absolute atomic E-state index is 14.9. The molecule has 4 aromatic rings. The molecule has 0 radical (unpaired) electrons. The van der Waals surface area contributed by atoms with Crippen LogP contribution in [0.5, 0.6) is 0 Å². The third-order valence-corrected chi connectivity index (χ3v) is 9.84. The van der Waals surface area contributed by atoms with Gasteiger partial charge < -0.3 is 19.9 Å². The number of nitrogens with zero attached hydrogens (tertiary/aromatic N) is 8. The number of thiophene rings is 1. The Morgan fingerprint density at radius 3 is 2.86 bits per heavy atom. The summed E-state index contributed by atoms with van der Waals surface area (Å²) in [6.45, 7) is 9.91. The van der Waals surface area contributed by atoms with Crippen LogP contribution in [0.25, 0.3) is 22.6 Å². The van der Waals surface area contributed by atoms with Gasteiger partial charge in [0.15, 0.2) is 17.2 Å². The van der Waals surface area contributed by atoms with E-state index in [9.17, 15) is 4.39 Å². The van der Waals surface area contributed by atoms with Gasteiger partial charge in [0.2, 0.25) is 0 Å². The van der Waals surface area contributed by atoms with E-state index in [1.54, 1.807) is 0 Å². The number of piperidine rings is 1. The van der Waals surface area contributed by atoms with Crippen LogP contribution in [0.15, 0.2) is 16.8 Å². The smallest absolute Gasteiger partial charge is 0.310 e. The molecule has 234 valence electrons. The molecule has 4 aromatic heterocycles. The Morgan fingerprint density at radius 1 is 1.20 bits per heavy atom. The predicted octanol–water partition coefficient (Wildman–Crippen LogP) is 5.05. The van der Waals surface area contributed by atoms with E-state index < -0.39 is 6.01 Å². The van der Waals surface area contributed by atoms with E-state index in [4.69, 9.17) is 35.3 Å². The molecular weight excluding hydrogens is 581 g/mol. The van der Waals surface area contributed by atoms with Gasteiger partial charge in [-0.1, -0.05) is 19.0 Å². The summed E-state index contributed by atoms with van der Waals surface area (Å²) in [6, 6.07) is 3.60. The Balaban J connectivity index is 1.21. The van der Waals surface area contributed by atoms with Gasteiger partial charge in [-0.3, -0.25) is 4.90 Å². The lowest BCUT2D eigenvalue weighted by atomic mass is 10.0. The number of rotatable bonds is 12. The molecule has 6 rings (SSSR count). The SMILES string of the molecule is CCN1CCCC1Cn1ncc2c(N3CCCC(C)C3)nc(-c3noc(F)c3CCOCCCc3cc(C#N)c(N)s3)nc21. The van der Waals surface area contributed by atoms with Crippen molar-refractivity contribution in [1.29, 1.82) is 5.26 Å². The first-order chi connectivity index (χ1) is 21.4. The number of likely N-dealkylation sites (tertiary alicyclic amines) is 1. The van der Waals surface area contributed by atoms with Crippen molar-refractivity contribution in [3.63, 3.8) is 0 Å². The Hall–Kier alpha value is -3.60. The number of nitrogens with two attached hydrogens (primary N) is 1. The van der Waals surface area contributed by atoms with Crippen LogP contribution in [0.3, 0.4) is 0 Å². The number of hydrogen-bond donors (Lipinski definition) is 1. The van der Waals surface area contributed by atoms with Crippen molar-refractivity contribution in [1.82, 2.24) is 29.8 Å². The second-order valence-electron chi connectivity index (χ2n) is 11.9. The van der Waals surface area contributed by atoms with Crippen molar-refractivity contribution < 1.29 is 13.7 Å². The van der Waals surface area contributed by atoms with Crippen molar-refractivity contribution in [2.45, 2.75) is 71.4 Å². The minimum absolute atomic E-state index is 0.277. The van der Waals surface area contributed by atoms with Crippen molar-refractivity contribution in [3.05, 3.63) is 34.3 Å². The number of halogens is 1. The summed E-state index contributed by atoms with van der Waals surface area (Å²) in [7, 11) is 0. The lowest BCUT2D eigenvalue weighted by Gasteiger charge is -2.32. The highest BCUT2D eigenvalue weighted by Crippen LogP contribution is 2.33. The van der Waals surface area contributed by atoms with Gasteiger partial charge in [0.05, 0.1) is 35.9 Å². The Labute approximate surface area is 260 Å². The van der Waals surface area contributed by atoms with Crippen molar-refractivity contribution in [2.75, 3.05) is 50.0 Å². The molecule has 2 aliphatic heterocycles. The summed E-state index contributed by atoms with van der Waals surface area (Å²) in [5.41, 5.74) is 7.74. The molecule has 13 heteroatoms. The highest BCUT2D eigenvalue weighted by molar-refractivity contribution is 7.16. The molecule has 2 saturated heterocycles. The van der Waals surface area contributed by atoms with E-state index in [0.29, 0.717) is 52.8 Å². The molecule has 0 aliphatic carbocycles. The molecule has 6 heterocycles. The predicted molar refractivity (Wildman–Crippen MR) is 168 cm³/mol. The number of anilines is 2. The largest absolute Gasteiger partial charge is 0.389 e. The third-order valence-electron chi connectivity index (χ3n) is 8.81. The molecule has 0 bridgehead atoms. The molecule has 0 spiro atoms. The molecule has 11 nitrogen and oxygen atoms in total. The molecule has 2 fully saturated rings. The number of ether oxygens (including phenoxy) is 1. The maximum atomic E-state index is 14.9. The molecular formula is C31H40FN9O2S. The van der Waals surface area contributed by atoms with Crippen molar-refractivity contribution >= 4 is 33.2 Å². The zero-order valence-corrected chi connectivity index (χ0v) is 26.3. The summed E-state index contributed by atoms with van der Waals surface area (Å²) in [5, 5.41) is 19.4. The highest BCUT2D eigenvalue weighted by atomic mass is 32.1. The van der Waals surface area contributed by atoms with Crippen LogP contribution in [0.1, 0.15) is 62.0 Å². The van der Waals surface area contributed by atoms with E-state index in [1.165, 1.54) is 24.2 Å². The van der Waals surface area contributed by atoms with Crippen LogP contribution in [-0.2, 0) is 24.1 Å². The molecule has 44 heavy (non-hydrogen) atoms. The third kappa shape index (κ3) is 6.43. The van der Waals surface area contributed by atoms with Crippen molar-refractivity contribution in [3.8, 4) is 17.6 Å².